The first-order valence-corrected chi connectivity index (χ1v) is 9.55. The maximum Gasteiger partial charge on any atom is 0.216 e. The van der Waals surface area contributed by atoms with Crippen LogP contribution in [0.1, 0.15) is 25.1 Å². The fraction of sp³-hybridized carbons (Fsp3) is 0.364. The highest BCUT2D eigenvalue weighted by Crippen LogP contribution is 2.29. The van der Waals surface area contributed by atoms with Gasteiger partial charge < -0.3 is 24.5 Å². The van der Waals surface area contributed by atoms with Gasteiger partial charge in [0.1, 0.15) is 13.2 Å². The van der Waals surface area contributed by atoms with Crippen LogP contribution >= 0.6 is 0 Å². The lowest BCUT2D eigenvalue weighted by molar-refractivity contribution is -0.118. The van der Waals surface area contributed by atoms with Crippen molar-refractivity contribution in [1.82, 2.24) is 10.3 Å². The number of hydrogen-bond donors (Lipinski definition) is 2. The Bertz CT molecular complexity index is 963. The monoisotopic (exact) mass is 417 g/mol. The summed E-state index contributed by atoms with van der Waals surface area (Å²) in [6.45, 7) is 9.52. The number of hydrogen-bond acceptors (Lipinski definition) is 5. The summed E-state index contributed by atoms with van der Waals surface area (Å²) < 4.78 is 30.5. The van der Waals surface area contributed by atoms with Crippen molar-refractivity contribution >= 4 is 23.5 Å². The molecule has 1 amide bonds. The smallest absolute Gasteiger partial charge is 0.216 e. The maximum absolute atomic E-state index is 14.4. The van der Waals surface area contributed by atoms with E-state index < -0.39 is 5.82 Å². The number of nitrogens with zero attached hydrogens (tertiary/aromatic N) is 1. The molecular weight excluding hydrogens is 389 g/mol. The Balaban J connectivity index is 2.01. The number of carbonyl (C=O) groups excluding carboxylic acids is 1. The van der Waals surface area contributed by atoms with Gasteiger partial charge in [0.2, 0.25) is 11.8 Å². The highest BCUT2D eigenvalue weighted by molar-refractivity contribution is 5.86. The van der Waals surface area contributed by atoms with Gasteiger partial charge in [-0.2, -0.15) is 0 Å². The number of allylic oxidation sites excluding steroid dienone is 3. The van der Waals surface area contributed by atoms with E-state index in [0.717, 1.165) is 16.6 Å². The minimum atomic E-state index is -0.450. The number of halogens is 1. The molecule has 0 aliphatic carbocycles. The molecule has 162 valence electrons. The van der Waals surface area contributed by atoms with Gasteiger partial charge in [-0.3, -0.25) is 4.79 Å². The number of benzene rings is 1. The topological polar surface area (TPSA) is 84.9 Å². The molecule has 30 heavy (non-hydrogen) atoms. The molecule has 0 aliphatic rings. The Hall–Kier alpha value is -3.29. The maximum atomic E-state index is 14.4. The minimum Gasteiger partial charge on any atom is -0.495 e. The molecule has 2 N–H and O–H groups in total. The van der Waals surface area contributed by atoms with Gasteiger partial charge in [0.05, 0.1) is 12.9 Å². The normalized spacial score (nSPS) is 12.0. The predicted molar refractivity (Wildman–Crippen MR) is 115 cm³/mol. The first-order chi connectivity index (χ1) is 14.3. The Morgan fingerprint density at radius 3 is 2.73 bits per heavy atom. The third kappa shape index (κ3) is 6.37. The van der Waals surface area contributed by atoms with E-state index in [2.05, 4.69) is 22.0 Å². The second kappa shape index (κ2) is 11.0. The Labute approximate surface area is 175 Å². The van der Waals surface area contributed by atoms with E-state index in [1.54, 1.807) is 25.1 Å². The lowest BCUT2D eigenvalue weighted by Crippen LogP contribution is -2.22. The van der Waals surface area contributed by atoms with E-state index in [9.17, 15) is 9.18 Å². The van der Waals surface area contributed by atoms with Crippen LogP contribution in [0.2, 0.25) is 0 Å². The Morgan fingerprint density at radius 1 is 1.30 bits per heavy atom. The van der Waals surface area contributed by atoms with E-state index in [4.69, 9.17) is 14.2 Å². The lowest BCUT2D eigenvalue weighted by Gasteiger charge is -2.10. The summed E-state index contributed by atoms with van der Waals surface area (Å²) in [5.74, 6) is 0.635. The average Bonchev–Trinajstić information content (AvgIpc) is 3.00. The summed E-state index contributed by atoms with van der Waals surface area (Å²) in [5.41, 5.74) is 2.66. The molecule has 1 aromatic carbocycles. The number of carbonyl (C=O) groups is 1. The van der Waals surface area contributed by atoms with E-state index >= 15 is 0 Å². The summed E-state index contributed by atoms with van der Waals surface area (Å²) in [7, 11) is 1.50. The van der Waals surface area contributed by atoms with Crippen LogP contribution in [0, 0.1) is 12.7 Å². The molecule has 1 aromatic heterocycles. The van der Waals surface area contributed by atoms with Crippen LogP contribution in [0.25, 0.3) is 10.9 Å². The number of nitrogens with one attached hydrogen (secondary N) is 2. The number of ether oxygens (including phenoxy) is 3. The van der Waals surface area contributed by atoms with Gasteiger partial charge in [0.25, 0.3) is 0 Å². The number of methoxy groups -OCH3 is 1. The second-order valence-electron chi connectivity index (χ2n) is 6.63. The van der Waals surface area contributed by atoms with Gasteiger partial charge in [0.15, 0.2) is 11.6 Å². The summed E-state index contributed by atoms with van der Waals surface area (Å²) in [6.07, 6.45) is 3.97. The molecule has 0 aliphatic heterocycles. The summed E-state index contributed by atoms with van der Waals surface area (Å²) in [4.78, 5) is 18.0. The van der Waals surface area contributed by atoms with Crippen LogP contribution in [0.3, 0.4) is 0 Å². The third-order valence-electron chi connectivity index (χ3n) is 4.42. The standard InChI is InChI=1S/C22H28FN3O4/c1-14(6-7-22(24-4)28-5)29-10-11-30-21-12-18-17(8-9-25-16(3)27)15(2)26-20(18)13-19(21)23/h6-7,12-13,26H,4,8-11H2,1-3,5H3,(H,25,27)/b14-6+,22-7+. The van der Waals surface area contributed by atoms with Crippen molar-refractivity contribution in [2.45, 2.75) is 27.2 Å². The highest BCUT2D eigenvalue weighted by Gasteiger charge is 2.13. The number of aryl methyl sites for hydroxylation is 1. The number of aliphatic imine (C=N–C) groups is 1. The second-order valence-corrected chi connectivity index (χ2v) is 6.63. The van der Waals surface area contributed by atoms with Gasteiger partial charge in [-0.05, 0) is 44.7 Å². The average molecular weight is 417 g/mol. The molecule has 0 bridgehead atoms. The van der Waals surface area contributed by atoms with Crippen LogP contribution in [-0.4, -0.2) is 44.5 Å². The zero-order chi connectivity index (χ0) is 22.1. The molecule has 2 aromatic rings. The van der Waals surface area contributed by atoms with Gasteiger partial charge in [-0.25, -0.2) is 9.38 Å². The Morgan fingerprint density at radius 2 is 2.07 bits per heavy atom. The first-order valence-electron chi connectivity index (χ1n) is 9.55. The van der Waals surface area contributed by atoms with Crippen LogP contribution in [-0.2, 0) is 20.7 Å². The van der Waals surface area contributed by atoms with E-state index in [-0.39, 0.29) is 24.9 Å². The van der Waals surface area contributed by atoms with Crippen LogP contribution in [0.15, 0.2) is 40.9 Å². The van der Waals surface area contributed by atoms with Crippen molar-refractivity contribution in [2.75, 3.05) is 26.9 Å². The van der Waals surface area contributed by atoms with Crippen molar-refractivity contribution in [1.29, 1.82) is 0 Å². The number of aromatic amines is 1. The molecule has 0 saturated heterocycles. The zero-order valence-electron chi connectivity index (χ0n) is 17.8. The first kappa shape index (κ1) is 23.0. The molecule has 8 heteroatoms. The molecule has 0 unspecified atom stereocenters. The molecule has 0 atom stereocenters. The van der Waals surface area contributed by atoms with Gasteiger partial charge in [-0.15, -0.1) is 0 Å². The van der Waals surface area contributed by atoms with Gasteiger partial charge in [-0.1, -0.05) is 0 Å². The van der Waals surface area contributed by atoms with Gasteiger partial charge >= 0.3 is 0 Å². The number of fused-ring (bicyclic) bond motifs is 1. The van der Waals surface area contributed by atoms with Crippen molar-refractivity contribution < 1.29 is 23.4 Å². The minimum absolute atomic E-state index is 0.0819. The highest BCUT2D eigenvalue weighted by atomic mass is 19.1. The third-order valence-corrected chi connectivity index (χ3v) is 4.42. The largest absolute Gasteiger partial charge is 0.495 e. The van der Waals surface area contributed by atoms with Crippen LogP contribution < -0.4 is 10.1 Å². The van der Waals surface area contributed by atoms with Crippen LogP contribution in [0.4, 0.5) is 4.39 Å². The molecule has 0 radical (unpaired) electrons. The van der Waals surface area contributed by atoms with Gasteiger partial charge in [0, 0.05) is 42.2 Å². The lowest BCUT2D eigenvalue weighted by atomic mass is 10.1. The summed E-state index contributed by atoms with van der Waals surface area (Å²) >= 11 is 0. The quantitative estimate of drug-likeness (QED) is 0.252. The zero-order valence-corrected chi connectivity index (χ0v) is 17.8. The summed E-state index contributed by atoms with van der Waals surface area (Å²) in [5, 5.41) is 3.65. The molecule has 7 nitrogen and oxygen atoms in total. The van der Waals surface area contributed by atoms with Crippen molar-refractivity contribution in [3.05, 3.63) is 53.0 Å². The molecule has 0 saturated carbocycles. The van der Waals surface area contributed by atoms with E-state index in [0.29, 0.717) is 30.1 Å². The fourth-order valence-electron chi connectivity index (χ4n) is 2.96. The molecule has 2 rings (SSSR count). The number of rotatable bonds is 11. The number of amides is 1. The van der Waals surface area contributed by atoms with Crippen molar-refractivity contribution in [3.8, 4) is 5.75 Å². The van der Waals surface area contributed by atoms with Crippen molar-refractivity contribution in [2.24, 2.45) is 4.99 Å². The SMILES string of the molecule is C=N/C(=C\C=C(/C)OCCOc1cc2c(CCNC(C)=O)c(C)[nH]c2cc1F)OC. The van der Waals surface area contributed by atoms with E-state index in [1.807, 2.05) is 6.92 Å². The summed E-state index contributed by atoms with van der Waals surface area (Å²) in [6, 6.07) is 3.11. The number of H-pyrrole nitrogens is 1. The van der Waals surface area contributed by atoms with Crippen LogP contribution in [0.5, 0.6) is 5.75 Å². The Kier molecular flexibility index (Phi) is 8.46. The van der Waals surface area contributed by atoms with E-state index in [1.165, 1.54) is 20.1 Å². The predicted octanol–water partition coefficient (Wildman–Crippen LogP) is 3.78. The number of aromatic nitrogens is 1. The molecular formula is C22H28FN3O4. The molecule has 0 fully saturated rings. The fourth-order valence-corrected chi connectivity index (χ4v) is 2.96. The van der Waals surface area contributed by atoms with Crippen molar-refractivity contribution in [3.63, 3.8) is 0 Å². The molecule has 1 heterocycles. The molecule has 0 spiro atoms.